The minimum absolute atomic E-state index is 0. The molecular weight excluding hydrogens is 129 g/mol. The Morgan fingerprint density at radius 2 is 2.22 bits per heavy atom. The van der Waals surface area contributed by atoms with Gasteiger partial charge in [-0.3, -0.25) is 4.79 Å². The van der Waals surface area contributed by atoms with Gasteiger partial charge in [-0.1, -0.05) is 5.76 Å². The van der Waals surface area contributed by atoms with Crippen molar-refractivity contribution < 1.29 is 39.5 Å². The number of hydrogen-bond acceptors (Lipinski definition) is 3. The van der Waals surface area contributed by atoms with Gasteiger partial charge in [-0.15, -0.1) is 0 Å². The largest absolute Gasteiger partial charge is 1.00 e. The predicted octanol–water partition coefficient (Wildman–Crippen LogP) is -3.65. The van der Waals surface area contributed by atoms with E-state index in [4.69, 9.17) is 5.26 Å². The zero-order valence-electron chi connectivity index (χ0n) is 5.34. The van der Waals surface area contributed by atoms with Crippen LogP contribution in [0.5, 0.6) is 0 Å². The number of allylic oxidation sites excluding steroid dienone is 2. The summed E-state index contributed by atoms with van der Waals surface area (Å²) < 4.78 is 0. The van der Waals surface area contributed by atoms with Crippen LogP contribution in [0.15, 0.2) is 11.8 Å². The molecule has 0 radical (unpaired) electrons. The van der Waals surface area contributed by atoms with Crippen LogP contribution in [-0.4, -0.2) is 5.78 Å². The quantitative estimate of drug-likeness (QED) is 0.160. The molecule has 0 saturated heterocycles. The van der Waals surface area contributed by atoms with E-state index in [0.29, 0.717) is 6.08 Å². The van der Waals surface area contributed by atoms with Gasteiger partial charge in [-0.25, -0.2) is 0 Å². The Kier molecular flexibility index (Phi) is 7.44. The van der Waals surface area contributed by atoms with Crippen LogP contribution in [0.4, 0.5) is 0 Å². The van der Waals surface area contributed by atoms with E-state index in [1.54, 1.807) is 0 Å². The average Bonchev–Trinajstić information content (AvgIpc) is 1.67. The number of ketones is 1. The molecule has 4 heteroatoms. The van der Waals surface area contributed by atoms with Crippen molar-refractivity contribution >= 4 is 5.78 Å². The predicted molar refractivity (Wildman–Crippen MR) is 24.4 cm³/mol. The summed E-state index contributed by atoms with van der Waals surface area (Å²) in [5.74, 6) is -1.35. The summed E-state index contributed by atoms with van der Waals surface area (Å²) in [5.41, 5.74) is 0. The number of carbonyl (C=O) groups is 1. The summed E-state index contributed by atoms with van der Waals surface area (Å²) in [6.45, 7) is 1.12. The van der Waals surface area contributed by atoms with Crippen molar-refractivity contribution in [2.75, 3.05) is 0 Å². The number of rotatable bonds is 1. The molecular formula is C5H4NNaO2. The molecule has 0 atom stereocenters. The number of Topliss-reactive ketones (excluding diaryl/α,β-unsaturated/α-hetero) is 1. The maximum Gasteiger partial charge on any atom is 1.00 e. The van der Waals surface area contributed by atoms with Gasteiger partial charge in [0.2, 0.25) is 0 Å². The van der Waals surface area contributed by atoms with Crippen LogP contribution in [-0.2, 0) is 4.79 Å². The first-order valence-corrected chi connectivity index (χ1v) is 1.96. The Morgan fingerprint density at radius 3 is 2.33 bits per heavy atom. The van der Waals surface area contributed by atoms with Gasteiger partial charge in [0.1, 0.15) is 5.78 Å². The summed E-state index contributed by atoms with van der Waals surface area (Å²) in [6.07, 6.45) is 0.683. The van der Waals surface area contributed by atoms with Crippen LogP contribution < -0.4 is 34.7 Å². The normalized spacial score (nSPS) is 9.11. The van der Waals surface area contributed by atoms with Crippen molar-refractivity contribution in [3.63, 3.8) is 0 Å². The first-order chi connectivity index (χ1) is 3.68. The molecule has 0 spiro atoms. The Morgan fingerprint density at radius 1 is 1.78 bits per heavy atom. The Balaban J connectivity index is 0. The molecule has 0 unspecified atom stereocenters. The van der Waals surface area contributed by atoms with E-state index < -0.39 is 11.5 Å². The van der Waals surface area contributed by atoms with E-state index in [1.807, 2.05) is 0 Å². The summed E-state index contributed by atoms with van der Waals surface area (Å²) in [6, 6.07) is 1.45. The van der Waals surface area contributed by atoms with Crippen LogP contribution >= 0.6 is 0 Å². The first kappa shape index (κ1) is 11.5. The van der Waals surface area contributed by atoms with Crippen molar-refractivity contribution in [3.8, 4) is 6.07 Å². The fourth-order valence-electron chi connectivity index (χ4n) is 0.160. The molecule has 0 aromatic heterocycles. The number of nitrogens with zero attached hydrogens (tertiary/aromatic N) is 1. The van der Waals surface area contributed by atoms with Crippen LogP contribution in [0.25, 0.3) is 0 Å². The number of hydrogen-bond donors (Lipinski definition) is 0. The van der Waals surface area contributed by atoms with E-state index in [0.717, 1.165) is 6.92 Å². The third-order valence-electron chi connectivity index (χ3n) is 0.543. The second-order valence-corrected chi connectivity index (χ2v) is 1.19. The molecule has 9 heavy (non-hydrogen) atoms. The molecule has 0 aliphatic heterocycles. The van der Waals surface area contributed by atoms with Crippen molar-refractivity contribution in [3.05, 3.63) is 11.8 Å². The fraction of sp³-hybridized carbons (Fsp3) is 0.200. The van der Waals surface area contributed by atoms with Gasteiger partial charge in [0.05, 0.1) is 6.07 Å². The molecule has 3 nitrogen and oxygen atoms in total. The fourth-order valence-corrected chi connectivity index (χ4v) is 0.160. The van der Waals surface area contributed by atoms with Gasteiger partial charge in [0.25, 0.3) is 0 Å². The van der Waals surface area contributed by atoms with E-state index in [1.165, 1.54) is 6.07 Å². The van der Waals surface area contributed by atoms with Crippen LogP contribution in [0, 0.1) is 11.3 Å². The van der Waals surface area contributed by atoms with E-state index >= 15 is 0 Å². The summed E-state index contributed by atoms with van der Waals surface area (Å²) in [4.78, 5) is 10.0. The monoisotopic (exact) mass is 133 g/mol. The minimum atomic E-state index is -0.743. The smallest absolute Gasteiger partial charge is 0.870 e. The molecule has 0 N–H and O–H groups in total. The van der Waals surface area contributed by atoms with E-state index in [-0.39, 0.29) is 29.6 Å². The van der Waals surface area contributed by atoms with Gasteiger partial charge in [-0.05, 0) is 6.92 Å². The molecule has 0 aromatic carbocycles. The Bertz CT molecular complexity index is 168. The minimum Gasteiger partial charge on any atom is -0.870 e. The van der Waals surface area contributed by atoms with Gasteiger partial charge in [0.15, 0.2) is 0 Å². The molecule has 0 amide bonds. The standard InChI is InChI=1S/C5H5NO2.Na/c1-4(7)5(8)2-3-6;/h2,8H,1H3;/q;+1/p-1/b5-2-;. The zero-order chi connectivity index (χ0) is 6.57. The second-order valence-electron chi connectivity index (χ2n) is 1.19. The molecule has 0 rings (SSSR count). The maximum atomic E-state index is 10.1. The molecule has 0 aliphatic rings. The average molecular weight is 133 g/mol. The first-order valence-electron chi connectivity index (χ1n) is 1.96. The van der Waals surface area contributed by atoms with Crippen LogP contribution in [0.2, 0.25) is 0 Å². The van der Waals surface area contributed by atoms with Gasteiger partial charge in [0, 0.05) is 6.08 Å². The van der Waals surface area contributed by atoms with E-state index in [2.05, 4.69) is 0 Å². The molecule has 0 heterocycles. The third-order valence-corrected chi connectivity index (χ3v) is 0.543. The molecule has 0 saturated carbocycles. The molecule has 0 aliphatic carbocycles. The van der Waals surface area contributed by atoms with E-state index in [9.17, 15) is 9.90 Å². The Hall–Kier alpha value is -0.300. The summed E-state index contributed by atoms with van der Waals surface area (Å²) in [5, 5.41) is 17.9. The van der Waals surface area contributed by atoms with Crippen LogP contribution in [0.1, 0.15) is 6.92 Å². The zero-order valence-corrected chi connectivity index (χ0v) is 7.34. The SMILES string of the molecule is CC(=O)/C([O-])=C/C#N.[Na+]. The summed E-state index contributed by atoms with van der Waals surface area (Å²) in [7, 11) is 0. The molecule has 0 aromatic rings. The van der Waals surface area contributed by atoms with Crippen molar-refractivity contribution in [2.45, 2.75) is 6.92 Å². The second kappa shape index (κ2) is 5.83. The van der Waals surface area contributed by atoms with Gasteiger partial charge >= 0.3 is 29.6 Å². The topological polar surface area (TPSA) is 63.9 Å². The number of nitriles is 1. The van der Waals surface area contributed by atoms with Crippen LogP contribution in [0.3, 0.4) is 0 Å². The van der Waals surface area contributed by atoms with Crippen molar-refractivity contribution in [2.24, 2.45) is 0 Å². The van der Waals surface area contributed by atoms with Crippen molar-refractivity contribution in [1.29, 1.82) is 5.26 Å². The van der Waals surface area contributed by atoms with Gasteiger partial charge < -0.3 is 5.11 Å². The Labute approximate surface area is 75.3 Å². The molecule has 42 valence electrons. The molecule has 0 bridgehead atoms. The van der Waals surface area contributed by atoms with Gasteiger partial charge in [-0.2, -0.15) is 5.26 Å². The third kappa shape index (κ3) is 5.57. The number of carbonyl (C=O) groups excluding carboxylic acids is 1. The summed E-state index contributed by atoms with van der Waals surface area (Å²) >= 11 is 0. The maximum absolute atomic E-state index is 10.1. The molecule has 0 fully saturated rings. The van der Waals surface area contributed by atoms with Crippen molar-refractivity contribution in [1.82, 2.24) is 0 Å².